The van der Waals surface area contributed by atoms with Crippen LogP contribution >= 0.6 is 0 Å². The van der Waals surface area contributed by atoms with Crippen LogP contribution in [-0.4, -0.2) is 10.9 Å². The minimum Gasteiger partial charge on any atom is -0.349 e. The summed E-state index contributed by atoms with van der Waals surface area (Å²) in [5, 5.41) is 4.90. The molecule has 3 rings (SSSR count). The largest absolute Gasteiger partial charge is 0.349 e. The van der Waals surface area contributed by atoms with E-state index < -0.39 is 29.2 Å². The molecule has 0 radical (unpaired) electrons. The molecule has 0 saturated carbocycles. The van der Waals surface area contributed by atoms with Crippen LogP contribution in [0.1, 0.15) is 10.5 Å². The predicted octanol–water partition coefficient (Wildman–Crippen LogP) is 4.63. The molecule has 0 aliphatic rings. The molecular weight excluding hydrogens is 350 g/mol. The molecule has 1 aromatic heterocycles. The Bertz CT molecular complexity index is 941. The summed E-state index contributed by atoms with van der Waals surface area (Å²) in [7, 11) is 0. The minimum atomic E-state index is -1.10. The third kappa shape index (κ3) is 3.80. The molecular formula is C18H11F4N3O. The van der Waals surface area contributed by atoms with E-state index in [2.05, 4.69) is 15.6 Å². The fourth-order valence-corrected chi connectivity index (χ4v) is 2.13. The number of hydrogen-bond acceptors (Lipinski definition) is 3. The molecule has 0 atom stereocenters. The van der Waals surface area contributed by atoms with Crippen LogP contribution in [-0.2, 0) is 0 Å². The van der Waals surface area contributed by atoms with Crippen LogP contribution in [0.15, 0.2) is 54.7 Å². The quantitative estimate of drug-likeness (QED) is 0.666. The fourth-order valence-electron chi connectivity index (χ4n) is 2.13. The van der Waals surface area contributed by atoms with E-state index in [4.69, 9.17) is 0 Å². The SMILES string of the molecule is O=C(Nc1ccc(F)c(F)c1)c1ccc(Nc2c(F)cccc2F)cn1. The van der Waals surface area contributed by atoms with Crippen molar-refractivity contribution in [2.24, 2.45) is 0 Å². The number of anilines is 3. The monoisotopic (exact) mass is 361 g/mol. The molecule has 0 aliphatic carbocycles. The van der Waals surface area contributed by atoms with Crippen LogP contribution in [0.5, 0.6) is 0 Å². The van der Waals surface area contributed by atoms with Crippen molar-refractivity contribution in [2.45, 2.75) is 0 Å². The lowest BCUT2D eigenvalue weighted by atomic mass is 10.2. The number of hydrogen-bond donors (Lipinski definition) is 2. The van der Waals surface area contributed by atoms with Gasteiger partial charge in [0.2, 0.25) is 0 Å². The van der Waals surface area contributed by atoms with Gasteiger partial charge in [0, 0.05) is 11.8 Å². The van der Waals surface area contributed by atoms with Crippen molar-refractivity contribution in [3.8, 4) is 0 Å². The summed E-state index contributed by atoms with van der Waals surface area (Å²) >= 11 is 0. The van der Waals surface area contributed by atoms with Crippen LogP contribution in [0.3, 0.4) is 0 Å². The van der Waals surface area contributed by atoms with Crippen molar-refractivity contribution in [3.63, 3.8) is 0 Å². The second kappa shape index (κ2) is 7.22. The second-order valence-electron chi connectivity index (χ2n) is 5.24. The van der Waals surface area contributed by atoms with Crippen LogP contribution in [0.25, 0.3) is 0 Å². The van der Waals surface area contributed by atoms with Gasteiger partial charge in [-0.3, -0.25) is 4.79 Å². The Hall–Kier alpha value is -3.42. The van der Waals surface area contributed by atoms with Crippen molar-refractivity contribution in [1.29, 1.82) is 0 Å². The van der Waals surface area contributed by atoms with Crippen LogP contribution in [0.4, 0.5) is 34.6 Å². The first-order valence-electron chi connectivity index (χ1n) is 7.37. The zero-order valence-electron chi connectivity index (χ0n) is 13.1. The van der Waals surface area contributed by atoms with E-state index in [1.807, 2.05) is 0 Å². The molecule has 0 spiro atoms. The Morgan fingerprint density at radius 1 is 0.808 bits per heavy atom. The van der Waals surface area contributed by atoms with Crippen molar-refractivity contribution >= 4 is 23.0 Å². The normalized spacial score (nSPS) is 10.5. The van der Waals surface area contributed by atoms with E-state index in [0.717, 1.165) is 24.3 Å². The summed E-state index contributed by atoms with van der Waals surface area (Å²) in [4.78, 5) is 15.9. The van der Waals surface area contributed by atoms with Gasteiger partial charge in [0.15, 0.2) is 11.6 Å². The topological polar surface area (TPSA) is 54.0 Å². The molecule has 3 aromatic rings. The number of para-hydroxylation sites is 1. The van der Waals surface area contributed by atoms with Crippen molar-refractivity contribution in [2.75, 3.05) is 10.6 Å². The molecule has 0 aliphatic heterocycles. The van der Waals surface area contributed by atoms with Crippen molar-refractivity contribution in [1.82, 2.24) is 4.98 Å². The Labute approximate surface area is 145 Å². The number of rotatable bonds is 4. The zero-order valence-corrected chi connectivity index (χ0v) is 13.1. The number of carbonyl (C=O) groups excluding carboxylic acids is 1. The van der Waals surface area contributed by atoms with Gasteiger partial charge in [-0.2, -0.15) is 0 Å². The highest BCUT2D eigenvalue weighted by atomic mass is 19.2. The van der Waals surface area contributed by atoms with E-state index in [-0.39, 0.29) is 22.8 Å². The van der Waals surface area contributed by atoms with Gasteiger partial charge >= 0.3 is 0 Å². The number of nitrogens with zero attached hydrogens (tertiary/aromatic N) is 1. The third-order valence-electron chi connectivity index (χ3n) is 3.41. The average Bonchev–Trinajstić information content (AvgIpc) is 2.62. The number of halogens is 4. The number of benzene rings is 2. The van der Waals surface area contributed by atoms with Gasteiger partial charge in [0.1, 0.15) is 23.0 Å². The Morgan fingerprint density at radius 3 is 2.12 bits per heavy atom. The van der Waals surface area contributed by atoms with Crippen LogP contribution in [0.2, 0.25) is 0 Å². The maximum Gasteiger partial charge on any atom is 0.274 e. The first kappa shape index (κ1) is 17.4. The van der Waals surface area contributed by atoms with Crippen molar-refractivity contribution < 1.29 is 22.4 Å². The smallest absolute Gasteiger partial charge is 0.274 e. The van der Waals surface area contributed by atoms with E-state index in [1.165, 1.54) is 30.5 Å². The third-order valence-corrected chi connectivity index (χ3v) is 3.41. The molecule has 0 fully saturated rings. The van der Waals surface area contributed by atoms with Gasteiger partial charge in [0.25, 0.3) is 5.91 Å². The Balaban J connectivity index is 1.72. The summed E-state index contributed by atoms with van der Waals surface area (Å²) in [6.45, 7) is 0. The number of aromatic nitrogens is 1. The van der Waals surface area contributed by atoms with E-state index >= 15 is 0 Å². The highest BCUT2D eigenvalue weighted by molar-refractivity contribution is 6.02. The van der Waals surface area contributed by atoms with E-state index in [9.17, 15) is 22.4 Å². The molecule has 132 valence electrons. The van der Waals surface area contributed by atoms with Gasteiger partial charge in [-0.25, -0.2) is 22.5 Å². The maximum absolute atomic E-state index is 13.6. The van der Waals surface area contributed by atoms with Crippen LogP contribution in [0, 0.1) is 23.3 Å². The summed E-state index contributed by atoms with van der Waals surface area (Å²) in [5.41, 5.74) is -0.0349. The zero-order chi connectivity index (χ0) is 18.7. The molecule has 4 nitrogen and oxygen atoms in total. The van der Waals surface area contributed by atoms with Gasteiger partial charge in [-0.15, -0.1) is 0 Å². The number of pyridine rings is 1. The summed E-state index contributed by atoms with van der Waals surface area (Å²) in [6, 6.07) is 9.08. The summed E-state index contributed by atoms with van der Waals surface area (Å²) < 4.78 is 53.2. The molecule has 8 heteroatoms. The maximum atomic E-state index is 13.6. The summed E-state index contributed by atoms with van der Waals surface area (Å²) in [6.07, 6.45) is 1.21. The lowest BCUT2D eigenvalue weighted by molar-refractivity contribution is 0.102. The Kier molecular flexibility index (Phi) is 4.83. The molecule has 2 N–H and O–H groups in total. The summed E-state index contributed by atoms with van der Waals surface area (Å²) in [5.74, 6) is -4.32. The highest BCUT2D eigenvalue weighted by Gasteiger charge is 2.12. The predicted molar refractivity (Wildman–Crippen MR) is 88.2 cm³/mol. The van der Waals surface area contributed by atoms with Crippen molar-refractivity contribution in [3.05, 3.63) is 83.7 Å². The number of nitrogens with one attached hydrogen (secondary N) is 2. The lowest BCUT2D eigenvalue weighted by Gasteiger charge is -2.09. The first-order chi connectivity index (χ1) is 12.4. The molecule has 1 amide bonds. The minimum absolute atomic E-state index is 0.0192. The number of carbonyl (C=O) groups is 1. The van der Waals surface area contributed by atoms with Crippen LogP contribution < -0.4 is 10.6 Å². The first-order valence-corrected chi connectivity index (χ1v) is 7.37. The molecule has 1 heterocycles. The molecule has 0 bridgehead atoms. The fraction of sp³-hybridized carbons (Fsp3) is 0. The van der Waals surface area contributed by atoms with E-state index in [1.54, 1.807) is 0 Å². The highest BCUT2D eigenvalue weighted by Crippen LogP contribution is 2.23. The lowest BCUT2D eigenvalue weighted by Crippen LogP contribution is -2.14. The number of amides is 1. The average molecular weight is 361 g/mol. The molecule has 0 saturated heterocycles. The second-order valence-corrected chi connectivity index (χ2v) is 5.24. The van der Waals surface area contributed by atoms with Gasteiger partial charge in [0.05, 0.1) is 11.9 Å². The van der Waals surface area contributed by atoms with Gasteiger partial charge < -0.3 is 10.6 Å². The molecule has 26 heavy (non-hydrogen) atoms. The molecule has 2 aromatic carbocycles. The Morgan fingerprint density at radius 2 is 1.50 bits per heavy atom. The van der Waals surface area contributed by atoms with E-state index in [0.29, 0.717) is 0 Å². The van der Waals surface area contributed by atoms with Gasteiger partial charge in [-0.05, 0) is 36.4 Å². The van der Waals surface area contributed by atoms with Gasteiger partial charge in [-0.1, -0.05) is 6.07 Å². The molecule has 0 unspecified atom stereocenters. The standard InChI is InChI=1S/C18H11F4N3O/c19-12-6-4-10(8-15(12)22)25-18(26)16-7-5-11(9-23-16)24-17-13(20)2-1-3-14(17)21/h1-9,24H,(H,25,26).